The van der Waals surface area contributed by atoms with Crippen molar-refractivity contribution < 1.29 is 14.7 Å². The van der Waals surface area contributed by atoms with Crippen molar-refractivity contribution in [1.29, 1.82) is 0 Å². The van der Waals surface area contributed by atoms with Gasteiger partial charge in [0.2, 0.25) is 0 Å². The minimum absolute atomic E-state index is 0.185. The van der Waals surface area contributed by atoms with Gasteiger partial charge in [-0.25, -0.2) is 9.78 Å². The minimum Gasteiger partial charge on any atom is -0.478 e. The summed E-state index contributed by atoms with van der Waals surface area (Å²) in [5.41, 5.74) is 2.15. The van der Waals surface area contributed by atoms with Crippen LogP contribution in [-0.2, 0) is 0 Å². The number of anilines is 1. The average Bonchev–Trinajstić information content (AvgIpc) is 2.90. The number of thiazole rings is 1. The molecule has 0 aliphatic rings. The van der Waals surface area contributed by atoms with Crippen LogP contribution in [0.3, 0.4) is 0 Å². The van der Waals surface area contributed by atoms with Crippen LogP contribution in [-0.4, -0.2) is 22.0 Å². The maximum Gasteiger partial charge on any atom is 0.335 e. The van der Waals surface area contributed by atoms with Gasteiger partial charge in [0.1, 0.15) is 0 Å². The first kappa shape index (κ1) is 15.5. The predicted octanol–water partition coefficient (Wildman–Crippen LogP) is 4.21. The molecule has 0 atom stereocenters. The van der Waals surface area contributed by atoms with Gasteiger partial charge in [-0.15, -0.1) is 0 Å². The van der Waals surface area contributed by atoms with Crippen molar-refractivity contribution in [3.63, 3.8) is 0 Å². The quantitative estimate of drug-likeness (QED) is 0.744. The van der Waals surface area contributed by atoms with Gasteiger partial charge in [0, 0.05) is 10.6 Å². The Hall–Kier alpha value is -2.44. The molecule has 7 heteroatoms. The molecule has 0 unspecified atom stereocenters. The number of aromatic nitrogens is 1. The van der Waals surface area contributed by atoms with Crippen molar-refractivity contribution in [2.45, 2.75) is 6.92 Å². The zero-order valence-electron chi connectivity index (χ0n) is 12.0. The molecule has 1 heterocycles. The van der Waals surface area contributed by atoms with Crippen LogP contribution in [0.25, 0.3) is 10.2 Å². The summed E-state index contributed by atoms with van der Waals surface area (Å²) in [6, 6.07) is 9.69. The summed E-state index contributed by atoms with van der Waals surface area (Å²) in [6.07, 6.45) is 0. The van der Waals surface area contributed by atoms with Gasteiger partial charge >= 0.3 is 5.97 Å². The SMILES string of the molecule is Cc1ccc(C(=O)Nc2nc3ccc(C(=O)O)cc3s2)cc1Cl. The van der Waals surface area contributed by atoms with E-state index in [1.807, 2.05) is 6.92 Å². The molecular formula is C16H11ClN2O3S. The number of nitrogens with zero attached hydrogens (tertiary/aromatic N) is 1. The van der Waals surface area contributed by atoms with Crippen molar-refractivity contribution >= 4 is 50.2 Å². The number of hydrogen-bond acceptors (Lipinski definition) is 4. The molecule has 3 rings (SSSR count). The fourth-order valence-electron chi connectivity index (χ4n) is 2.01. The van der Waals surface area contributed by atoms with E-state index >= 15 is 0 Å². The highest BCUT2D eigenvalue weighted by Crippen LogP contribution is 2.27. The second-order valence-electron chi connectivity index (χ2n) is 4.92. The molecule has 0 fully saturated rings. The molecule has 23 heavy (non-hydrogen) atoms. The topological polar surface area (TPSA) is 79.3 Å². The van der Waals surface area contributed by atoms with Gasteiger partial charge in [0.25, 0.3) is 5.91 Å². The molecule has 3 aromatic rings. The Labute approximate surface area is 140 Å². The summed E-state index contributed by atoms with van der Waals surface area (Å²) in [4.78, 5) is 27.5. The summed E-state index contributed by atoms with van der Waals surface area (Å²) < 4.78 is 0.696. The molecule has 0 radical (unpaired) electrons. The molecule has 0 bridgehead atoms. The van der Waals surface area contributed by atoms with Gasteiger partial charge in [-0.2, -0.15) is 0 Å². The van der Waals surface area contributed by atoms with Crippen LogP contribution in [0, 0.1) is 6.92 Å². The first-order valence-electron chi connectivity index (χ1n) is 6.65. The largest absolute Gasteiger partial charge is 0.478 e. The van der Waals surface area contributed by atoms with Gasteiger partial charge in [-0.05, 0) is 42.8 Å². The van der Waals surface area contributed by atoms with Crippen molar-refractivity contribution in [1.82, 2.24) is 4.98 Å². The summed E-state index contributed by atoms with van der Waals surface area (Å²) in [7, 11) is 0. The lowest BCUT2D eigenvalue weighted by molar-refractivity contribution is 0.0697. The average molecular weight is 347 g/mol. The van der Waals surface area contributed by atoms with E-state index in [1.165, 1.54) is 23.5 Å². The van der Waals surface area contributed by atoms with E-state index in [-0.39, 0.29) is 11.5 Å². The molecule has 0 saturated heterocycles. The molecule has 1 amide bonds. The number of carboxylic acids is 1. The molecule has 2 N–H and O–H groups in total. The maximum atomic E-state index is 12.2. The molecule has 0 aliphatic heterocycles. The smallest absolute Gasteiger partial charge is 0.335 e. The molecule has 5 nitrogen and oxygen atoms in total. The number of hydrogen-bond donors (Lipinski definition) is 2. The minimum atomic E-state index is -1.000. The lowest BCUT2D eigenvalue weighted by atomic mass is 10.1. The molecule has 2 aromatic carbocycles. The van der Waals surface area contributed by atoms with Gasteiger partial charge in [-0.1, -0.05) is 29.0 Å². The Morgan fingerprint density at radius 3 is 2.61 bits per heavy atom. The number of amides is 1. The second kappa shape index (κ2) is 5.98. The number of carboxylic acid groups (broad SMARTS) is 1. The predicted molar refractivity (Wildman–Crippen MR) is 90.7 cm³/mol. The molecular weight excluding hydrogens is 336 g/mol. The zero-order chi connectivity index (χ0) is 16.6. The third-order valence-corrected chi connectivity index (χ3v) is 4.63. The van der Waals surface area contributed by atoms with E-state index in [1.54, 1.807) is 24.3 Å². The zero-order valence-corrected chi connectivity index (χ0v) is 13.5. The number of benzene rings is 2. The Morgan fingerprint density at radius 2 is 1.91 bits per heavy atom. The molecule has 0 aliphatic carbocycles. The second-order valence-corrected chi connectivity index (χ2v) is 6.36. The van der Waals surface area contributed by atoms with Crippen LogP contribution in [0.15, 0.2) is 36.4 Å². The number of halogens is 1. The maximum absolute atomic E-state index is 12.2. The lowest BCUT2D eigenvalue weighted by Gasteiger charge is -2.03. The normalized spacial score (nSPS) is 10.7. The summed E-state index contributed by atoms with van der Waals surface area (Å²) in [5, 5.41) is 12.6. The summed E-state index contributed by atoms with van der Waals surface area (Å²) in [5.74, 6) is -1.32. The summed E-state index contributed by atoms with van der Waals surface area (Å²) >= 11 is 7.24. The van der Waals surface area contributed by atoms with Crippen molar-refractivity contribution in [2.24, 2.45) is 0 Å². The standard InChI is InChI=1S/C16H11ClN2O3S/c1-8-2-3-9(6-11(8)17)14(20)19-16-18-12-5-4-10(15(21)22)7-13(12)23-16/h2-7H,1H3,(H,21,22)(H,18,19,20). The van der Waals surface area contributed by atoms with Gasteiger partial charge in [0.15, 0.2) is 5.13 Å². The number of carbonyl (C=O) groups is 2. The number of rotatable bonds is 3. The Kier molecular flexibility index (Phi) is 4.02. The number of carbonyl (C=O) groups excluding carboxylic acids is 1. The highest BCUT2D eigenvalue weighted by molar-refractivity contribution is 7.22. The number of aromatic carboxylic acids is 1. The highest BCUT2D eigenvalue weighted by Gasteiger charge is 2.12. The van der Waals surface area contributed by atoms with Crippen LogP contribution in [0.1, 0.15) is 26.3 Å². The van der Waals surface area contributed by atoms with Crippen molar-refractivity contribution in [3.05, 3.63) is 58.1 Å². The Bertz CT molecular complexity index is 936. The van der Waals surface area contributed by atoms with E-state index in [0.29, 0.717) is 25.9 Å². The van der Waals surface area contributed by atoms with E-state index in [4.69, 9.17) is 16.7 Å². The van der Waals surface area contributed by atoms with E-state index in [9.17, 15) is 9.59 Å². The third-order valence-electron chi connectivity index (χ3n) is 3.29. The van der Waals surface area contributed by atoms with Gasteiger partial charge in [-0.3, -0.25) is 10.1 Å². The first-order valence-corrected chi connectivity index (χ1v) is 7.85. The lowest BCUT2D eigenvalue weighted by Crippen LogP contribution is -2.11. The Balaban J connectivity index is 1.87. The molecule has 0 spiro atoms. The molecule has 0 saturated carbocycles. The van der Waals surface area contributed by atoms with Crippen LogP contribution in [0.4, 0.5) is 5.13 Å². The number of fused-ring (bicyclic) bond motifs is 1. The van der Waals surface area contributed by atoms with Gasteiger partial charge < -0.3 is 5.11 Å². The van der Waals surface area contributed by atoms with Crippen LogP contribution >= 0.6 is 22.9 Å². The number of nitrogens with one attached hydrogen (secondary N) is 1. The van der Waals surface area contributed by atoms with Crippen molar-refractivity contribution in [2.75, 3.05) is 5.32 Å². The first-order chi connectivity index (χ1) is 10.9. The van der Waals surface area contributed by atoms with E-state index < -0.39 is 5.97 Å². The fourth-order valence-corrected chi connectivity index (χ4v) is 3.10. The Morgan fingerprint density at radius 1 is 1.17 bits per heavy atom. The fraction of sp³-hybridized carbons (Fsp3) is 0.0625. The summed E-state index contributed by atoms with van der Waals surface area (Å²) in [6.45, 7) is 1.86. The molecule has 116 valence electrons. The molecule has 1 aromatic heterocycles. The number of aryl methyl sites for hydroxylation is 1. The van der Waals surface area contributed by atoms with Crippen molar-refractivity contribution in [3.8, 4) is 0 Å². The third kappa shape index (κ3) is 3.18. The van der Waals surface area contributed by atoms with Crippen LogP contribution in [0.2, 0.25) is 5.02 Å². The van der Waals surface area contributed by atoms with Crippen LogP contribution < -0.4 is 5.32 Å². The van der Waals surface area contributed by atoms with E-state index in [0.717, 1.165) is 5.56 Å². The van der Waals surface area contributed by atoms with Crippen LogP contribution in [0.5, 0.6) is 0 Å². The van der Waals surface area contributed by atoms with E-state index in [2.05, 4.69) is 10.3 Å². The monoisotopic (exact) mass is 346 g/mol. The highest BCUT2D eigenvalue weighted by atomic mass is 35.5. The van der Waals surface area contributed by atoms with Gasteiger partial charge in [0.05, 0.1) is 15.8 Å².